The molecule has 7 nitrogen and oxygen atoms in total. The number of nitrogens with one attached hydrogen (secondary N) is 2. The van der Waals surface area contributed by atoms with Gasteiger partial charge in [0.2, 0.25) is 5.91 Å². The number of carbonyl (C=O) groups is 3. The molecule has 1 saturated heterocycles. The van der Waals surface area contributed by atoms with Crippen molar-refractivity contribution in [3.63, 3.8) is 0 Å². The highest BCUT2D eigenvalue weighted by atomic mass is 32.2. The van der Waals surface area contributed by atoms with Crippen LogP contribution in [0, 0.1) is 0 Å². The van der Waals surface area contributed by atoms with Crippen LogP contribution >= 0.6 is 11.8 Å². The van der Waals surface area contributed by atoms with Crippen LogP contribution in [0.4, 0.5) is 4.79 Å². The topological polar surface area (TPSA) is 98.7 Å². The Labute approximate surface area is 116 Å². The summed E-state index contributed by atoms with van der Waals surface area (Å²) in [5, 5.41) is 13.9. The molecule has 2 atom stereocenters. The third-order valence-corrected chi connectivity index (χ3v) is 3.93. The number of carboxylic acid groups (broad SMARTS) is 1. The van der Waals surface area contributed by atoms with Crippen molar-refractivity contribution in [2.45, 2.75) is 31.7 Å². The predicted molar refractivity (Wildman–Crippen MR) is 71.9 cm³/mol. The quantitative estimate of drug-likeness (QED) is 0.665. The van der Waals surface area contributed by atoms with Gasteiger partial charge in [-0.05, 0) is 13.3 Å². The van der Waals surface area contributed by atoms with E-state index in [2.05, 4.69) is 10.6 Å². The third kappa shape index (κ3) is 4.30. The van der Waals surface area contributed by atoms with Gasteiger partial charge in [0.05, 0.1) is 11.9 Å². The van der Waals surface area contributed by atoms with Crippen molar-refractivity contribution in [2.75, 3.05) is 18.8 Å². The summed E-state index contributed by atoms with van der Waals surface area (Å²) in [7, 11) is 0. The molecule has 3 N–H and O–H groups in total. The number of carboxylic acids is 1. The van der Waals surface area contributed by atoms with Crippen LogP contribution in [0.1, 0.15) is 20.3 Å². The van der Waals surface area contributed by atoms with E-state index < -0.39 is 18.0 Å². The second-order valence-electron chi connectivity index (χ2n) is 4.20. The number of hydrogen-bond acceptors (Lipinski definition) is 4. The minimum absolute atomic E-state index is 0.140. The van der Waals surface area contributed by atoms with Crippen LogP contribution in [0.3, 0.4) is 0 Å². The molecule has 0 aliphatic carbocycles. The number of hydrogen-bond donors (Lipinski definition) is 3. The van der Waals surface area contributed by atoms with Gasteiger partial charge in [0.1, 0.15) is 6.04 Å². The second-order valence-corrected chi connectivity index (χ2v) is 5.55. The van der Waals surface area contributed by atoms with Crippen LogP contribution < -0.4 is 10.6 Å². The lowest BCUT2D eigenvalue weighted by Gasteiger charge is -2.25. The highest BCUT2D eigenvalue weighted by Crippen LogP contribution is 2.28. The number of aliphatic carboxylic acids is 1. The van der Waals surface area contributed by atoms with Gasteiger partial charge in [-0.25, -0.2) is 9.59 Å². The normalized spacial score (nSPS) is 22.1. The maximum Gasteiger partial charge on any atom is 0.327 e. The average Bonchev–Trinajstić information content (AvgIpc) is 2.75. The van der Waals surface area contributed by atoms with Gasteiger partial charge in [-0.2, -0.15) is 0 Å². The summed E-state index contributed by atoms with van der Waals surface area (Å²) >= 11 is 1.40. The van der Waals surface area contributed by atoms with Crippen LogP contribution in [0.2, 0.25) is 0 Å². The van der Waals surface area contributed by atoms with Gasteiger partial charge in [-0.15, -0.1) is 11.8 Å². The summed E-state index contributed by atoms with van der Waals surface area (Å²) in [5.74, 6) is -0.935. The Morgan fingerprint density at radius 3 is 2.63 bits per heavy atom. The molecule has 1 aliphatic heterocycles. The van der Waals surface area contributed by atoms with E-state index in [1.165, 1.54) is 16.7 Å². The first-order chi connectivity index (χ1) is 8.97. The highest BCUT2D eigenvalue weighted by molar-refractivity contribution is 8.00. The number of urea groups is 1. The van der Waals surface area contributed by atoms with Crippen molar-refractivity contribution in [3.05, 3.63) is 0 Å². The van der Waals surface area contributed by atoms with E-state index in [9.17, 15) is 14.4 Å². The Balaban J connectivity index is 2.47. The second kappa shape index (κ2) is 7.22. The molecule has 108 valence electrons. The van der Waals surface area contributed by atoms with E-state index in [-0.39, 0.29) is 17.8 Å². The maximum atomic E-state index is 11.9. The summed E-state index contributed by atoms with van der Waals surface area (Å²) in [6, 6.07) is -1.35. The molecule has 1 rings (SSSR count). The van der Waals surface area contributed by atoms with Gasteiger partial charge in [0.25, 0.3) is 0 Å². The van der Waals surface area contributed by atoms with E-state index in [1.807, 2.05) is 6.92 Å². The Morgan fingerprint density at radius 2 is 2.05 bits per heavy atom. The molecule has 19 heavy (non-hydrogen) atoms. The standard InChI is InChI=1S/C11H19N3O4S/c1-3-4-12-9(15)5-13-11(18)14-7(2)19-6-8(14)10(16)17/h7-8H,3-6H2,1-2H3,(H,12,15)(H,13,18)(H,16,17). The van der Waals surface area contributed by atoms with Crippen molar-refractivity contribution in [3.8, 4) is 0 Å². The van der Waals surface area contributed by atoms with Crippen LogP contribution in [-0.4, -0.2) is 58.2 Å². The van der Waals surface area contributed by atoms with E-state index in [1.54, 1.807) is 6.92 Å². The fraction of sp³-hybridized carbons (Fsp3) is 0.727. The molecular weight excluding hydrogens is 270 g/mol. The number of thioether (sulfide) groups is 1. The Kier molecular flexibility index (Phi) is 5.94. The van der Waals surface area contributed by atoms with Gasteiger partial charge in [0, 0.05) is 12.3 Å². The molecule has 1 heterocycles. The molecule has 1 aliphatic rings. The van der Waals surface area contributed by atoms with Gasteiger partial charge >= 0.3 is 12.0 Å². The molecule has 8 heteroatoms. The van der Waals surface area contributed by atoms with Crippen molar-refractivity contribution in [1.29, 1.82) is 0 Å². The number of nitrogens with zero attached hydrogens (tertiary/aromatic N) is 1. The zero-order valence-electron chi connectivity index (χ0n) is 11.0. The molecule has 3 amide bonds. The van der Waals surface area contributed by atoms with Crippen molar-refractivity contribution >= 4 is 29.7 Å². The summed E-state index contributed by atoms with van der Waals surface area (Å²) in [5.41, 5.74) is 0. The largest absolute Gasteiger partial charge is 0.480 e. The molecule has 0 aromatic carbocycles. The highest BCUT2D eigenvalue weighted by Gasteiger charge is 2.39. The first-order valence-electron chi connectivity index (χ1n) is 6.14. The Morgan fingerprint density at radius 1 is 1.37 bits per heavy atom. The minimum Gasteiger partial charge on any atom is -0.480 e. The van der Waals surface area contributed by atoms with Crippen molar-refractivity contribution in [2.24, 2.45) is 0 Å². The molecular formula is C11H19N3O4S. The number of rotatable bonds is 5. The molecule has 0 bridgehead atoms. The smallest absolute Gasteiger partial charge is 0.327 e. The lowest BCUT2D eigenvalue weighted by molar-refractivity contribution is -0.141. The Hall–Kier alpha value is -1.44. The fourth-order valence-electron chi connectivity index (χ4n) is 1.72. The molecule has 0 radical (unpaired) electrons. The molecule has 1 fully saturated rings. The van der Waals surface area contributed by atoms with E-state index in [0.29, 0.717) is 12.3 Å². The summed E-state index contributed by atoms with van der Waals surface area (Å²) < 4.78 is 0. The summed E-state index contributed by atoms with van der Waals surface area (Å²) in [4.78, 5) is 35.6. The minimum atomic E-state index is -1.03. The Bertz CT molecular complexity index is 364. The predicted octanol–water partition coefficient (Wildman–Crippen LogP) is 0.0702. The van der Waals surface area contributed by atoms with Crippen molar-refractivity contribution < 1.29 is 19.5 Å². The number of carbonyl (C=O) groups excluding carboxylic acids is 2. The SMILES string of the molecule is CCCNC(=O)CNC(=O)N1C(C)SCC1C(=O)O. The first kappa shape index (κ1) is 15.6. The fourth-order valence-corrected chi connectivity index (χ4v) is 2.88. The van der Waals surface area contributed by atoms with Gasteiger partial charge in [0.15, 0.2) is 0 Å². The third-order valence-electron chi connectivity index (χ3n) is 2.71. The first-order valence-corrected chi connectivity index (χ1v) is 7.19. The van der Waals surface area contributed by atoms with Crippen molar-refractivity contribution in [1.82, 2.24) is 15.5 Å². The number of amides is 3. The maximum absolute atomic E-state index is 11.9. The zero-order chi connectivity index (χ0) is 14.4. The lowest BCUT2D eigenvalue weighted by Crippen LogP contribution is -2.51. The summed E-state index contributed by atoms with van der Waals surface area (Å²) in [6.07, 6.45) is 0.820. The van der Waals surface area contributed by atoms with Gasteiger partial charge in [-0.3, -0.25) is 9.69 Å². The molecule has 0 spiro atoms. The molecule has 0 aromatic heterocycles. The van der Waals surface area contributed by atoms with Gasteiger partial charge in [-0.1, -0.05) is 6.92 Å². The monoisotopic (exact) mass is 289 g/mol. The summed E-state index contributed by atoms with van der Waals surface area (Å²) in [6.45, 7) is 4.12. The lowest BCUT2D eigenvalue weighted by atomic mass is 10.3. The molecule has 0 saturated carbocycles. The van der Waals surface area contributed by atoms with E-state index in [0.717, 1.165) is 6.42 Å². The van der Waals surface area contributed by atoms with E-state index >= 15 is 0 Å². The van der Waals surface area contributed by atoms with Gasteiger partial charge < -0.3 is 15.7 Å². The molecule has 0 aromatic rings. The molecule has 2 unspecified atom stereocenters. The van der Waals surface area contributed by atoms with Crippen LogP contribution in [-0.2, 0) is 9.59 Å². The average molecular weight is 289 g/mol. The zero-order valence-corrected chi connectivity index (χ0v) is 11.8. The van der Waals surface area contributed by atoms with Crippen LogP contribution in [0.25, 0.3) is 0 Å². The van der Waals surface area contributed by atoms with Crippen LogP contribution in [0.15, 0.2) is 0 Å². The van der Waals surface area contributed by atoms with E-state index in [4.69, 9.17) is 5.11 Å². The van der Waals surface area contributed by atoms with Crippen LogP contribution in [0.5, 0.6) is 0 Å².